The van der Waals surface area contributed by atoms with Gasteiger partial charge in [-0.25, -0.2) is 0 Å². The summed E-state index contributed by atoms with van der Waals surface area (Å²) in [6.07, 6.45) is 17.8. The lowest BCUT2D eigenvalue weighted by molar-refractivity contribution is -0.0442. The molecule has 2 atom stereocenters. The number of hydrogen-bond acceptors (Lipinski definition) is 2. The molecule has 3 rings (SSSR count). The molecule has 0 spiro atoms. The topological polar surface area (TPSA) is 12.5 Å². The first-order valence-electron chi connectivity index (χ1n) is 11.4. The van der Waals surface area contributed by atoms with E-state index >= 15 is 0 Å². The molecule has 2 nitrogen and oxygen atoms in total. The Kier molecular flexibility index (Phi) is 8.90. The standard InChI is InChI=1S/C25H39NO/c1-2-3-4-5-6-7-8-9-11-16-23-17-24-20-27-21-25(18-23)26(24)19-22-14-12-10-13-15-22/h10,12-15,17,24-25H,2-9,11,16,18-21H2,1H3. The van der Waals surface area contributed by atoms with E-state index < -0.39 is 0 Å². The van der Waals surface area contributed by atoms with E-state index in [2.05, 4.69) is 48.2 Å². The number of fused-ring (bicyclic) bond motifs is 2. The number of rotatable bonds is 12. The van der Waals surface area contributed by atoms with E-state index in [1.54, 1.807) is 5.57 Å². The van der Waals surface area contributed by atoms with Crippen molar-refractivity contribution in [1.82, 2.24) is 4.90 Å². The molecule has 2 aliphatic rings. The first-order chi connectivity index (χ1) is 13.4. The fraction of sp³-hybridized carbons (Fsp3) is 0.680. The summed E-state index contributed by atoms with van der Waals surface area (Å²) >= 11 is 0. The summed E-state index contributed by atoms with van der Waals surface area (Å²) in [6, 6.07) is 11.9. The highest BCUT2D eigenvalue weighted by Crippen LogP contribution is 2.31. The zero-order valence-corrected chi connectivity index (χ0v) is 17.4. The van der Waals surface area contributed by atoms with Crippen LogP contribution in [0.4, 0.5) is 0 Å². The summed E-state index contributed by atoms with van der Waals surface area (Å²) in [4.78, 5) is 2.67. The van der Waals surface area contributed by atoms with Crippen LogP contribution in [0.2, 0.25) is 0 Å². The second kappa shape index (κ2) is 11.7. The molecule has 0 aliphatic carbocycles. The molecule has 0 N–H and O–H groups in total. The maximum atomic E-state index is 5.86. The quantitative estimate of drug-likeness (QED) is 0.308. The summed E-state index contributed by atoms with van der Waals surface area (Å²) in [5.41, 5.74) is 3.12. The summed E-state index contributed by atoms with van der Waals surface area (Å²) in [5.74, 6) is 0. The largest absolute Gasteiger partial charge is 0.378 e. The number of nitrogens with zero attached hydrogens (tertiary/aromatic N) is 1. The van der Waals surface area contributed by atoms with Crippen LogP contribution in [0.25, 0.3) is 0 Å². The van der Waals surface area contributed by atoms with E-state index in [4.69, 9.17) is 4.74 Å². The molecule has 1 saturated heterocycles. The Bertz CT molecular complexity index is 553. The van der Waals surface area contributed by atoms with Gasteiger partial charge < -0.3 is 4.74 Å². The third kappa shape index (κ3) is 6.76. The van der Waals surface area contributed by atoms with Crippen molar-refractivity contribution in [2.45, 2.75) is 96.2 Å². The van der Waals surface area contributed by atoms with Gasteiger partial charge in [-0.1, -0.05) is 100 Å². The van der Waals surface area contributed by atoms with Crippen molar-refractivity contribution in [2.75, 3.05) is 13.2 Å². The minimum absolute atomic E-state index is 0.478. The van der Waals surface area contributed by atoms with Crippen molar-refractivity contribution < 1.29 is 4.74 Å². The minimum atomic E-state index is 0.478. The molecule has 2 bridgehead atoms. The highest BCUT2D eigenvalue weighted by molar-refractivity contribution is 5.20. The molecule has 2 heteroatoms. The molecule has 1 aromatic rings. The molecular formula is C25H39NO. The molecule has 0 aromatic heterocycles. The second-order valence-corrected chi connectivity index (χ2v) is 8.52. The van der Waals surface area contributed by atoms with Gasteiger partial charge in [-0.05, 0) is 24.8 Å². The van der Waals surface area contributed by atoms with Crippen LogP contribution in [0.15, 0.2) is 42.0 Å². The summed E-state index contributed by atoms with van der Waals surface area (Å²) < 4.78 is 5.86. The van der Waals surface area contributed by atoms with Gasteiger partial charge in [0.2, 0.25) is 0 Å². The van der Waals surface area contributed by atoms with Gasteiger partial charge in [0.15, 0.2) is 0 Å². The normalized spacial score (nSPS) is 22.6. The molecular weight excluding hydrogens is 330 g/mol. The van der Waals surface area contributed by atoms with E-state index in [-0.39, 0.29) is 0 Å². The Balaban J connectivity index is 1.37. The fourth-order valence-corrected chi connectivity index (χ4v) is 4.64. The van der Waals surface area contributed by atoms with E-state index in [9.17, 15) is 0 Å². The molecule has 150 valence electrons. The number of benzene rings is 1. The van der Waals surface area contributed by atoms with Crippen molar-refractivity contribution in [2.24, 2.45) is 0 Å². The second-order valence-electron chi connectivity index (χ2n) is 8.52. The predicted octanol–water partition coefficient (Wildman–Crippen LogP) is 6.51. The Morgan fingerprint density at radius 3 is 2.30 bits per heavy atom. The van der Waals surface area contributed by atoms with E-state index in [0.717, 1.165) is 19.8 Å². The van der Waals surface area contributed by atoms with Crippen molar-refractivity contribution in [1.29, 1.82) is 0 Å². The van der Waals surface area contributed by atoms with Crippen LogP contribution in [0.1, 0.15) is 83.1 Å². The maximum Gasteiger partial charge on any atom is 0.0658 e. The maximum absolute atomic E-state index is 5.86. The number of morpholine rings is 1. The molecule has 0 radical (unpaired) electrons. The van der Waals surface area contributed by atoms with Gasteiger partial charge in [0.05, 0.1) is 19.3 Å². The molecule has 2 aliphatic heterocycles. The SMILES string of the molecule is CCCCCCCCCCCC1=CC2COCC(C1)N2Cc1ccccc1. The number of unbranched alkanes of at least 4 members (excludes halogenated alkanes) is 8. The van der Waals surface area contributed by atoms with Gasteiger partial charge in [0.1, 0.15) is 0 Å². The highest BCUT2D eigenvalue weighted by Gasteiger charge is 2.34. The molecule has 0 amide bonds. The molecule has 27 heavy (non-hydrogen) atoms. The lowest BCUT2D eigenvalue weighted by Crippen LogP contribution is -2.53. The summed E-state index contributed by atoms with van der Waals surface area (Å²) in [7, 11) is 0. The van der Waals surface area contributed by atoms with E-state index in [1.165, 1.54) is 76.2 Å². The third-order valence-corrected chi connectivity index (χ3v) is 6.23. The van der Waals surface area contributed by atoms with Crippen LogP contribution in [-0.2, 0) is 11.3 Å². The minimum Gasteiger partial charge on any atom is -0.378 e. The number of ether oxygens (including phenoxy) is 1. The Hall–Kier alpha value is -1.12. The van der Waals surface area contributed by atoms with Crippen molar-refractivity contribution in [3.63, 3.8) is 0 Å². The molecule has 0 saturated carbocycles. The highest BCUT2D eigenvalue weighted by atomic mass is 16.5. The van der Waals surface area contributed by atoms with Crippen LogP contribution < -0.4 is 0 Å². The zero-order valence-electron chi connectivity index (χ0n) is 17.4. The first-order valence-corrected chi connectivity index (χ1v) is 11.4. The Morgan fingerprint density at radius 1 is 0.889 bits per heavy atom. The average Bonchev–Trinajstić information content (AvgIpc) is 2.68. The van der Waals surface area contributed by atoms with Crippen molar-refractivity contribution >= 4 is 0 Å². The van der Waals surface area contributed by atoms with Crippen LogP contribution in [-0.4, -0.2) is 30.2 Å². The molecule has 2 unspecified atom stereocenters. The zero-order chi connectivity index (χ0) is 18.7. The average molecular weight is 370 g/mol. The van der Waals surface area contributed by atoms with Crippen LogP contribution in [0, 0.1) is 0 Å². The van der Waals surface area contributed by atoms with Gasteiger partial charge in [-0.2, -0.15) is 0 Å². The van der Waals surface area contributed by atoms with Crippen LogP contribution in [0.3, 0.4) is 0 Å². The third-order valence-electron chi connectivity index (χ3n) is 6.23. The predicted molar refractivity (Wildman–Crippen MR) is 115 cm³/mol. The first kappa shape index (κ1) is 20.6. The van der Waals surface area contributed by atoms with E-state index in [1.807, 2.05) is 0 Å². The Labute approximate surface area is 167 Å². The van der Waals surface area contributed by atoms with Gasteiger partial charge in [0, 0.05) is 12.6 Å². The molecule has 1 fully saturated rings. The van der Waals surface area contributed by atoms with Crippen molar-refractivity contribution in [3.8, 4) is 0 Å². The lowest BCUT2D eigenvalue weighted by Gasteiger charge is -2.45. The monoisotopic (exact) mass is 369 g/mol. The van der Waals surface area contributed by atoms with E-state index in [0.29, 0.717) is 12.1 Å². The Morgan fingerprint density at radius 2 is 1.59 bits per heavy atom. The van der Waals surface area contributed by atoms with Crippen LogP contribution >= 0.6 is 0 Å². The smallest absolute Gasteiger partial charge is 0.0658 e. The lowest BCUT2D eigenvalue weighted by atomic mass is 9.90. The van der Waals surface area contributed by atoms with Crippen molar-refractivity contribution in [3.05, 3.63) is 47.5 Å². The van der Waals surface area contributed by atoms with Gasteiger partial charge in [0.25, 0.3) is 0 Å². The molecule has 2 heterocycles. The molecule has 1 aromatic carbocycles. The van der Waals surface area contributed by atoms with Gasteiger partial charge in [-0.15, -0.1) is 0 Å². The van der Waals surface area contributed by atoms with Gasteiger partial charge in [-0.3, -0.25) is 4.90 Å². The number of hydrogen-bond donors (Lipinski definition) is 0. The summed E-state index contributed by atoms with van der Waals surface area (Å²) in [6.45, 7) is 5.12. The fourth-order valence-electron chi connectivity index (χ4n) is 4.64. The van der Waals surface area contributed by atoms with Crippen LogP contribution in [0.5, 0.6) is 0 Å². The van der Waals surface area contributed by atoms with Gasteiger partial charge >= 0.3 is 0 Å². The summed E-state index contributed by atoms with van der Waals surface area (Å²) in [5, 5.41) is 0.